The number of likely N-dealkylation sites (tertiary alicyclic amines) is 1. The Morgan fingerprint density at radius 1 is 1.28 bits per heavy atom. The molecule has 2 aliphatic rings. The van der Waals surface area contributed by atoms with Crippen LogP contribution in [0.3, 0.4) is 0 Å². The van der Waals surface area contributed by atoms with Gasteiger partial charge in [0, 0.05) is 19.8 Å². The summed E-state index contributed by atoms with van der Waals surface area (Å²) in [5.74, 6) is 1.74. The van der Waals surface area contributed by atoms with Gasteiger partial charge in [-0.1, -0.05) is 0 Å². The summed E-state index contributed by atoms with van der Waals surface area (Å²) in [6, 6.07) is 4.07. The molecule has 1 atom stereocenters. The first-order valence-corrected chi connectivity index (χ1v) is 8.54. The lowest BCUT2D eigenvalue weighted by Crippen LogP contribution is -2.57. The Kier molecular flexibility index (Phi) is 8.71. The Morgan fingerprint density at radius 2 is 1.92 bits per heavy atom. The van der Waals surface area contributed by atoms with Crippen LogP contribution in [0.2, 0.25) is 0 Å². The Morgan fingerprint density at radius 3 is 2.48 bits per heavy atom. The van der Waals surface area contributed by atoms with Crippen molar-refractivity contribution in [2.45, 2.75) is 44.2 Å². The maximum absolute atomic E-state index is 12.5. The summed E-state index contributed by atoms with van der Waals surface area (Å²) in [5.41, 5.74) is 5.46. The molecule has 3 heterocycles. The van der Waals surface area contributed by atoms with E-state index in [1.54, 1.807) is 0 Å². The molecule has 1 unspecified atom stereocenters. The normalized spacial score (nSPS) is 21.0. The highest BCUT2D eigenvalue weighted by atomic mass is 35.5. The summed E-state index contributed by atoms with van der Waals surface area (Å²) >= 11 is 0. The summed E-state index contributed by atoms with van der Waals surface area (Å²) in [6.07, 6.45) is 3.55. The summed E-state index contributed by atoms with van der Waals surface area (Å²) in [6.45, 7) is 5.67. The zero-order valence-electron chi connectivity index (χ0n) is 14.7. The van der Waals surface area contributed by atoms with Crippen molar-refractivity contribution in [1.29, 1.82) is 0 Å². The SMILES string of the molecule is Cc1ccc(C(CNC(=O)C2(N)CCOCC2)N2CCCC2)o1.Cl.Cl. The van der Waals surface area contributed by atoms with Gasteiger partial charge in [0.2, 0.25) is 5.91 Å². The number of aryl methyl sites for hydroxylation is 1. The Labute approximate surface area is 161 Å². The predicted molar refractivity (Wildman–Crippen MR) is 101 cm³/mol. The molecule has 2 fully saturated rings. The standard InChI is InChI=1S/C17H27N3O3.2ClH/c1-13-4-5-15(23-13)14(20-8-2-3-9-20)12-19-16(21)17(18)6-10-22-11-7-17;;/h4-5,14H,2-3,6-12,18H2,1H3,(H,19,21);2*1H. The molecule has 0 aliphatic carbocycles. The topological polar surface area (TPSA) is 80.7 Å². The van der Waals surface area contributed by atoms with Crippen molar-refractivity contribution in [1.82, 2.24) is 10.2 Å². The third-order valence-electron chi connectivity index (χ3n) is 4.96. The van der Waals surface area contributed by atoms with Gasteiger partial charge in [0.1, 0.15) is 11.5 Å². The molecule has 1 aromatic rings. The number of amides is 1. The maximum atomic E-state index is 12.5. The molecule has 3 N–H and O–H groups in total. The molecule has 8 heteroatoms. The largest absolute Gasteiger partial charge is 0.465 e. The third kappa shape index (κ3) is 5.34. The van der Waals surface area contributed by atoms with Crippen molar-refractivity contribution in [3.8, 4) is 0 Å². The van der Waals surface area contributed by atoms with Crippen LogP contribution in [0.1, 0.15) is 43.2 Å². The molecular weight excluding hydrogens is 365 g/mol. The van der Waals surface area contributed by atoms with E-state index in [1.807, 2.05) is 19.1 Å². The summed E-state index contributed by atoms with van der Waals surface area (Å²) < 4.78 is 11.1. The van der Waals surface area contributed by atoms with Crippen molar-refractivity contribution in [3.05, 3.63) is 23.7 Å². The molecular formula is C17H29Cl2N3O3. The number of carbonyl (C=O) groups is 1. The van der Waals surface area contributed by atoms with E-state index in [2.05, 4.69) is 10.2 Å². The Balaban J connectivity index is 0.00000156. The van der Waals surface area contributed by atoms with Crippen molar-refractivity contribution in [2.75, 3.05) is 32.8 Å². The molecule has 1 amide bonds. The Bertz CT molecular complexity index is 541. The van der Waals surface area contributed by atoms with Crippen LogP contribution < -0.4 is 11.1 Å². The number of rotatable bonds is 5. The van der Waals surface area contributed by atoms with E-state index in [1.165, 1.54) is 12.8 Å². The summed E-state index contributed by atoms with van der Waals surface area (Å²) in [4.78, 5) is 14.9. The molecule has 0 bridgehead atoms. The van der Waals surface area contributed by atoms with Crippen LogP contribution in [-0.4, -0.2) is 49.2 Å². The van der Waals surface area contributed by atoms with Gasteiger partial charge in [-0.2, -0.15) is 0 Å². The van der Waals surface area contributed by atoms with Crippen molar-refractivity contribution in [3.63, 3.8) is 0 Å². The van der Waals surface area contributed by atoms with Crippen LogP contribution in [0.15, 0.2) is 16.5 Å². The fraction of sp³-hybridized carbons (Fsp3) is 0.706. The number of nitrogens with two attached hydrogens (primary N) is 1. The minimum Gasteiger partial charge on any atom is -0.465 e. The molecule has 0 saturated carbocycles. The fourth-order valence-electron chi connectivity index (χ4n) is 3.42. The van der Waals surface area contributed by atoms with E-state index in [4.69, 9.17) is 14.9 Å². The van der Waals surface area contributed by atoms with Crippen molar-refractivity contribution < 1.29 is 13.9 Å². The molecule has 2 saturated heterocycles. The van der Waals surface area contributed by atoms with Crippen LogP contribution >= 0.6 is 24.8 Å². The molecule has 144 valence electrons. The highest BCUT2D eigenvalue weighted by Gasteiger charge is 2.36. The van der Waals surface area contributed by atoms with Crippen molar-refractivity contribution >= 4 is 30.7 Å². The first-order chi connectivity index (χ1) is 11.1. The van der Waals surface area contributed by atoms with Gasteiger partial charge >= 0.3 is 0 Å². The second-order valence-electron chi connectivity index (χ2n) is 6.69. The molecule has 6 nitrogen and oxygen atoms in total. The smallest absolute Gasteiger partial charge is 0.240 e. The third-order valence-corrected chi connectivity index (χ3v) is 4.96. The van der Waals surface area contributed by atoms with E-state index in [0.29, 0.717) is 32.6 Å². The second-order valence-corrected chi connectivity index (χ2v) is 6.69. The van der Waals surface area contributed by atoms with Crippen LogP contribution in [0.4, 0.5) is 0 Å². The van der Waals surface area contributed by atoms with Gasteiger partial charge < -0.3 is 20.2 Å². The number of ether oxygens (including phenoxy) is 1. The average molecular weight is 394 g/mol. The predicted octanol–water partition coefficient (Wildman–Crippen LogP) is 2.19. The van der Waals surface area contributed by atoms with E-state index in [9.17, 15) is 4.79 Å². The molecule has 0 aromatic carbocycles. The number of furan rings is 1. The van der Waals surface area contributed by atoms with Gasteiger partial charge in [0.05, 0.1) is 11.6 Å². The lowest BCUT2D eigenvalue weighted by molar-refractivity contribution is -0.130. The van der Waals surface area contributed by atoms with Gasteiger partial charge in [-0.25, -0.2) is 0 Å². The van der Waals surface area contributed by atoms with E-state index < -0.39 is 5.54 Å². The lowest BCUT2D eigenvalue weighted by atomic mass is 9.90. The van der Waals surface area contributed by atoms with E-state index in [0.717, 1.165) is 24.6 Å². The molecule has 3 rings (SSSR count). The second kappa shape index (κ2) is 9.78. The van der Waals surface area contributed by atoms with E-state index in [-0.39, 0.29) is 36.8 Å². The fourth-order valence-corrected chi connectivity index (χ4v) is 3.42. The van der Waals surface area contributed by atoms with E-state index >= 15 is 0 Å². The first kappa shape index (κ1) is 22.3. The van der Waals surface area contributed by atoms with Gasteiger partial charge in [0.25, 0.3) is 0 Å². The number of nitrogens with one attached hydrogen (secondary N) is 1. The van der Waals surface area contributed by atoms with Gasteiger partial charge in [-0.05, 0) is 57.8 Å². The molecule has 0 radical (unpaired) electrons. The summed E-state index contributed by atoms with van der Waals surface area (Å²) in [7, 11) is 0. The van der Waals surface area contributed by atoms with Crippen LogP contribution in [0, 0.1) is 6.92 Å². The molecule has 25 heavy (non-hydrogen) atoms. The zero-order chi connectivity index (χ0) is 16.3. The number of halogens is 2. The number of hydrogen-bond acceptors (Lipinski definition) is 5. The van der Waals surface area contributed by atoms with Gasteiger partial charge in [-0.15, -0.1) is 24.8 Å². The number of carbonyl (C=O) groups excluding carboxylic acids is 1. The quantitative estimate of drug-likeness (QED) is 0.800. The Hall–Kier alpha value is -0.790. The lowest BCUT2D eigenvalue weighted by Gasteiger charge is -2.33. The highest BCUT2D eigenvalue weighted by Crippen LogP contribution is 2.26. The summed E-state index contributed by atoms with van der Waals surface area (Å²) in [5, 5.41) is 3.06. The minimum absolute atomic E-state index is 0. The molecule has 2 aliphatic heterocycles. The number of nitrogens with zero attached hydrogens (tertiary/aromatic N) is 1. The molecule has 0 spiro atoms. The zero-order valence-corrected chi connectivity index (χ0v) is 16.3. The van der Waals surface area contributed by atoms with Crippen LogP contribution in [-0.2, 0) is 9.53 Å². The minimum atomic E-state index is -0.799. The van der Waals surface area contributed by atoms with Crippen LogP contribution in [0.5, 0.6) is 0 Å². The van der Waals surface area contributed by atoms with Gasteiger partial charge in [-0.3, -0.25) is 9.69 Å². The van der Waals surface area contributed by atoms with Gasteiger partial charge in [0.15, 0.2) is 0 Å². The molecule has 1 aromatic heterocycles. The maximum Gasteiger partial charge on any atom is 0.240 e. The van der Waals surface area contributed by atoms with Crippen molar-refractivity contribution in [2.24, 2.45) is 5.73 Å². The number of hydrogen-bond donors (Lipinski definition) is 2. The van der Waals surface area contributed by atoms with Crippen LogP contribution in [0.25, 0.3) is 0 Å². The highest BCUT2D eigenvalue weighted by molar-refractivity contribution is 5.86. The first-order valence-electron chi connectivity index (χ1n) is 8.54. The average Bonchev–Trinajstić information content (AvgIpc) is 3.20. The monoisotopic (exact) mass is 393 g/mol.